The lowest BCUT2D eigenvalue weighted by Gasteiger charge is -2.34. The fourth-order valence-electron chi connectivity index (χ4n) is 4.93. The Morgan fingerprint density at radius 2 is 1.95 bits per heavy atom. The average molecular weight is 580 g/mol. The first-order chi connectivity index (χ1) is 20.0. The topological polar surface area (TPSA) is 174 Å². The number of nitrogens with zero attached hydrogens (tertiary/aromatic N) is 7. The van der Waals surface area contributed by atoms with E-state index in [-0.39, 0.29) is 35.8 Å². The van der Waals surface area contributed by atoms with Crippen molar-refractivity contribution in [2.24, 2.45) is 16.1 Å². The van der Waals surface area contributed by atoms with Gasteiger partial charge in [0.05, 0.1) is 12.7 Å². The third-order valence-electron chi connectivity index (χ3n) is 7.20. The van der Waals surface area contributed by atoms with Crippen LogP contribution in [0.2, 0.25) is 0 Å². The minimum absolute atomic E-state index is 0.114. The number of urea groups is 1. The summed E-state index contributed by atoms with van der Waals surface area (Å²) < 4.78 is 16.3. The number of carbonyl (C=O) groups excluding carboxylic acids is 3. The van der Waals surface area contributed by atoms with Crippen molar-refractivity contribution in [2.75, 3.05) is 11.9 Å². The molecule has 0 bridgehead atoms. The highest BCUT2D eigenvalue weighted by Crippen LogP contribution is 2.27. The number of aromatic nitrogens is 3. The smallest absolute Gasteiger partial charge is 0.368 e. The molecule has 3 aliphatic heterocycles. The SMILES string of the molecule is CC(C)[C@H](Nc1nc(C2=CN3C(=O)N=NC3C=C2)ncc1F)C(=O)NCc1cc(=O)c(O)c2n1CCN(C(C)C)C2=O. The molecule has 3 aliphatic rings. The van der Waals surface area contributed by atoms with Gasteiger partial charge in [-0.25, -0.2) is 19.2 Å². The van der Waals surface area contributed by atoms with E-state index in [1.807, 2.05) is 13.8 Å². The largest absolute Gasteiger partial charge is 0.503 e. The number of allylic oxidation sites excluding steroid dienone is 2. The predicted octanol–water partition coefficient (Wildman–Crippen LogP) is 2.22. The molecular weight excluding hydrogens is 549 g/mol. The van der Waals surface area contributed by atoms with Gasteiger partial charge in [-0.05, 0) is 31.9 Å². The summed E-state index contributed by atoms with van der Waals surface area (Å²) in [7, 11) is 0. The third kappa shape index (κ3) is 5.24. The van der Waals surface area contributed by atoms with Crippen LogP contribution in [0.4, 0.5) is 15.0 Å². The van der Waals surface area contributed by atoms with Crippen LogP contribution in [-0.4, -0.2) is 72.1 Å². The number of halogens is 1. The highest BCUT2D eigenvalue weighted by Gasteiger charge is 2.32. The van der Waals surface area contributed by atoms with Crippen LogP contribution < -0.4 is 16.1 Å². The molecule has 5 rings (SSSR count). The van der Waals surface area contributed by atoms with E-state index in [1.165, 1.54) is 21.7 Å². The zero-order chi connectivity index (χ0) is 30.3. The Balaban J connectivity index is 1.34. The lowest BCUT2D eigenvalue weighted by Crippen LogP contribution is -2.47. The first kappa shape index (κ1) is 28.6. The van der Waals surface area contributed by atoms with Gasteiger partial charge in [0.15, 0.2) is 35.1 Å². The Kier molecular flexibility index (Phi) is 7.58. The molecule has 5 heterocycles. The summed E-state index contributed by atoms with van der Waals surface area (Å²) in [6, 6.07) is -0.422. The Morgan fingerprint density at radius 1 is 1.19 bits per heavy atom. The summed E-state index contributed by atoms with van der Waals surface area (Å²) in [4.78, 5) is 61.8. The van der Waals surface area contributed by atoms with Crippen LogP contribution >= 0.6 is 0 Å². The van der Waals surface area contributed by atoms with E-state index in [2.05, 4.69) is 30.8 Å². The van der Waals surface area contributed by atoms with Gasteiger partial charge in [-0.2, -0.15) is 5.11 Å². The molecule has 0 spiro atoms. The van der Waals surface area contributed by atoms with Crippen LogP contribution in [0.25, 0.3) is 5.57 Å². The maximum atomic E-state index is 14.8. The van der Waals surface area contributed by atoms with Gasteiger partial charge < -0.3 is 25.2 Å². The zero-order valence-corrected chi connectivity index (χ0v) is 23.4. The number of anilines is 1. The molecule has 2 aromatic rings. The lowest BCUT2D eigenvalue weighted by atomic mass is 10.0. The number of hydrogen-bond acceptors (Lipinski definition) is 9. The highest BCUT2D eigenvalue weighted by atomic mass is 19.1. The van der Waals surface area contributed by atoms with E-state index in [0.29, 0.717) is 24.4 Å². The number of rotatable bonds is 8. The Bertz CT molecular complexity index is 1610. The van der Waals surface area contributed by atoms with E-state index < -0.39 is 47.0 Å². The normalized spacial score (nSPS) is 18.4. The molecule has 1 unspecified atom stereocenters. The van der Waals surface area contributed by atoms with Crippen LogP contribution in [-0.2, 0) is 17.9 Å². The quantitative estimate of drug-likeness (QED) is 0.427. The maximum absolute atomic E-state index is 14.8. The van der Waals surface area contributed by atoms with Crippen molar-refractivity contribution >= 4 is 29.2 Å². The molecule has 42 heavy (non-hydrogen) atoms. The van der Waals surface area contributed by atoms with Crippen molar-refractivity contribution in [1.82, 2.24) is 29.7 Å². The van der Waals surface area contributed by atoms with Crippen molar-refractivity contribution in [3.63, 3.8) is 0 Å². The Labute approximate surface area is 239 Å². The standard InChI is InChI=1S/C27H30FN9O5/c1-13(2)20(31-24-17(28)11-29-23(32-24)15-5-6-19-33-34-27(42)37(19)12-15)25(40)30-10-16-9-18(38)22(39)21-26(41)35(14(3)4)7-8-36(16)21/h5-6,9,11-14,19-20,39H,7-8,10H2,1-4H3,(H,30,40)(H,29,31,32)/t19?,20-/m0/s1. The first-order valence-electron chi connectivity index (χ1n) is 13.4. The van der Waals surface area contributed by atoms with Crippen molar-refractivity contribution in [3.8, 4) is 5.75 Å². The molecule has 0 saturated heterocycles. The summed E-state index contributed by atoms with van der Waals surface area (Å²) in [5, 5.41) is 23.3. The van der Waals surface area contributed by atoms with Crippen LogP contribution in [0.3, 0.4) is 0 Å². The van der Waals surface area contributed by atoms with E-state index in [4.69, 9.17) is 0 Å². The van der Waals surface area contributed by atoms with Crippen molar-refractivity contribution in [2.45, 2.75) is 59.0 Å². The maximum Gasteiger partial charge on any atom is 0.368 e. The number of azo groups is 1. The molecule has 0 fully saturated rings. The molecule has 15 heteroatoms. The summed E-state index contributed by atoms with van der Waals surface area (Å²) >= 11 is 0. The van der Waals surface area contributed by atoms with Crippen LogP contribution in [0.15, 0.2) is 45.6 Å². The fraction of sp³-hybridized carbons (Fsp3) is 0.407. The number of carbonyl (C=O) groups is 3. The van der Waals surface area contributed by atoms with Crippen LogP contribution in [0, 0.1) is 11.7 Å². The number of pyridine rings is 1. The Hall–Kier alpha value is -4.95. The monoisotopic (exact) mass is 579 g/mol. The molecule has 3 N–H and O–H groups in total. The minimum atomic E-state index is -0.942. The second-order valence-electron chi connectivity index (χ2n) is 10.7. The molecule has 220 valence electrons. The summed E-state index contributed by atoms with van der Waals surface area (Å²) in [6.45, 7) is 7.80. The van der Waals surface area contributed by atoms with Crippen molar-refractivity contribution < 1.29 is 23.9 Å². The Morgan fingerprint density at radius 3 is 2.67 bits per heavy atom. The van der Waals surface area contributed by atoms with Gasteiger partial charge in [0.1, 0.15) is 6.04 Å². The van der Waals surface area contributed by atoms with Gasteiger partial charge >= 0.3 is 6.03 Å². The molecule has 4 amide bonds. The molecule has 0 aliphatic carbocycles. The summed E-state index contributed by atoms with van der Waals surface area (Å²) in [5.41, 5.74) is -0.0704. The average Bonchev–Trinajstić information content (AvgIpc) is 3.32. The number of nitrogens with one attached hydrogen (secondary N) is 2. The van der Waals surface area contributed by atoms with Gasteiger partial charge in [0, 0.05) is 42.7 Å². The minimum Gasteiger partial charge on any atom is -0.503 e. The van der Waals surface area contributed by atoms with Gasteiger partial charge in [-0.1, -0.05) is 19.0 Å². The van der Waals surface area contributed by atoms with Gasteiger partial charge in [-0.15, -0.1) is 0 Å². The zero-order valence-electron chi connectivity index (χ0n) is 23.4. The van der Waals surface area contributed by atoms with Gasteiger partial charge in [0.2, 0.25) is 11.3 Å². The molecule has 0 aromatic carbocycles. The van der Waals surface area contributed by atoms with E-state index in [9.17, 15) is 28.7 Å². The summed E-state index contributed by atoms with van der Waals surface area (Å²) in [5.74, 6) is -2.81. The number of aromatic hydroxyl groups is 1. The van der Waals surface area contributed by atoms with Crippen LogP contribution in [0.5, 0.6) is 5.75 Å². The van der Waals surface area contributed by atoms with E-state index in [0.717, 1.165) is 6.20 Å². The molecule has 2 atom stereocenters. The fourth-order valence-corrected chi connectivity index (χ4v) is 4.93. The predicted molar refractivity (Wildman–Crippen MR) is 148 cm³/mol. The van der Waals surface area contributed by atoms with E-state index >= 15 is 0 Å². The molecule has 0 radical (unpaired) electrons. The molecular formula is C27H30FN9O5. The summed E-state index contributed by atoms with van der Waals surface area (Å²) in [6.07, 6.45) is 5.18. The highest BCUT2D eigenvalue weighted by molar-refractivity contribution is 5.96. The number of hydrogen-bond donors (Lipinski definition) is 3. The lowest BCUT2D eigenvalue weighted by molar-refractivity contribution is -0.122. The second kappa shape index (κ2) is 11.1. The van der Waals surface area contributed by atoms with Crippen molar-refractivity contribution in [3.05, 3.63) is 63.9 Å². The van der Waals surface area contributed by atoms with Gasteiger partial charge in [0.25, 0.3) is 5.91 Å². The molecule has 0 saturated carbocycles. The number of fused-ring (bicyclic) bond motifs is 2. The molecule has 14 nitrogen and oxygen atoms in total. The second-order valence-corrected chi connectivity index (χ2v) is 10.7. The van der Waals surface area contributed by atoms with E-state index in [1.54, 1.807) is 30.9 Å². The van der Waals surface area contributed by atoms with Crippen LogP contribution in [0.1, 0.15) is 49.7 Å². The first-order valence-corrected chi connectivity index (χ1v) is 13.4. The third-order valence-corrected chi connectivity index (χ3v) is 7.20. The van der Waals surface area contributed by atoms with Crippen molar-refractivity contribution in [1.29, 1.82) is 0 Å². The molecule has 2 aromatic heterocycles. The van der Waals surface area contributed by atoms with Gasteiger partial charge in [-0.3, -0.25) is 19.3 Å². The number of amides is 4.